The first-order chi connectivity index (χ1) is 9.63. The van der Waals surface area contributed by atoms with E-state index in [0.29, 0.717) is 18.0 Å². The van der Waals surface area contributed by atoms with Gasteiger partial charge in [-0.1, -0.05) is 18.1 Å². The molecule has 0 aliphatic carbocycles. The first kappa shape index (κ1) is 13.9. The van der Waals surface area contributed by atoms with Crippen molar-refractivity contribution in [3.05, 3.63) is 24.3 Å². The predicted molar refractivity (Wildman–Crippen MR) is 75.3 cm³/mol. The van der Waals surface area contributed by atoms with Crippen molar-refractivity contribution in [1.29, 1.82) is 0 Å². The quantitative estimate of drug-likeness (QED) is 0.830. The molecule has 104 valence electrons. The molecule has 1 unspecified atom stereocenters. The van der Waals surface area contributed by atoms with Crippen LogP contribution in [0.25, 0.3) is 0 Å². The van der Waals surface area contributed by atoms with E-state index in [1.807, 2.05) is 18.2 Å². The van der Waals surface area contributed by atoms with E-state index in [0.717, 1.165) is 0 Å². The number of nitrogens with zero attached hydrogens (tertiary/aromatic N) is 1. The highest BCUT2D eigenvalue weighted by Crippen LogP contribution is 2.33. The zero-order chi connectivity index (χ0) is 14.5. The van der Waals surface area contributed by atoms with Gasteiger partial charge in [0.05, 0.1) is 12.2 Å². The van der Waals surface area contributed by atoms with Gasteiger partial charge in [-0.25, -0.2) is 0 Å². The lowest BCUT2D eigenvalue weighted by molar-refractivity contribution is -0.125. The fraction of sp³-hybridized carbons (Fsp3) is 0.333. The van der Waals surface area contributed by atoms with Crippen molar-refractivity contribution in [3.63, 3.8) is 0 Å². The summed E-state index contributed by atoms with van der Waals surface area (Å²) in [6, 6.07) is 7.29. The molecule has 0 radical (unpaired) electrons. The van der Waals surface area contributed by atoms with Crippen LogP contribution in [-0.4, -0.2) is 31.0 Å². The molecule has 0 aromatic heterocycles. The van der Waals surface area contributed by atoms with E-state index in [-0.39, 0.29) is 24.8 Å². The Morgan fingerprint density at radius 2 is 2.25 bits per heavy atom. The topological polar surface area (TPSA) is 58.6 Å². The van der Waals surface area contributed by atoms with E-state index < -0.39 is 6.10 Å². The maximum Gasteiger partial charge on any atom is 0.267 e. The van der Waals surface area contributed by atoms with Crippen molar-refractivity contribution < 1.29 is 14.3 Å². The number of nitrogens with one attached hydrogen (secondary N) is 1. The number of terminal acetylenes is 1. The lowest BCUT2D eigenvalue weighted by atomic mass is 10.1. The molecule has 2 amide bonds. The SMILES string of the molecule is C#CCNC(=O)CCN1C(=O)C(C)Oc2ccccc21. The Morgan fingerprint density at radius 3 is 3.00 bits per heavy atom. The van der Waals surface area contributed by atoms with E-state index in [4.69, 9.17) is 11.2 Å². The Balaban J connectivity index is 2.08. The third-order valence-electron chi connectivity index (χ3n) is 3.02. The maximum atomic E-state index is 12.2. The smallest absolute Gasteiger partial charge is 0.267 e. The van der Waals surface area contributed by atoms with Gasteiger partial charge in [-0.05, 0) is 19.1 Å². The molecule has 1 atom stereocenters. The summed E-state index contributed by atoms with van der Waals surface area (Å²) in [4.78, 5) is 25.3. The van der Waals surface area contributed by atoms with Crippen molar-refractivity contribution in [1.82, 2.24) is 5.32 Å². The Kier molecular flexibility index (Phi) is 4.26. The minimum Gasteiger partial charge on any atom is -0.479 e. The molecule has 1 aliphatic heterocycles. The number of ether oxygens (including phenoxy) is 1. The van der Waals surface area contributed by atoms with Crippen molar-refractivity contribution in [2.24, 2.45) is 0 Å². The molecule has 1 aromatic rings. The molecule has 0 spiro atoms. The van der Waals surface area contributed by atoms with Crippen LogP contribution in [0.3, 0.4) is 0 Å². The predicted octanol–water partition coefficient (Wildman–Crippen LogP) is 0.940. The lowest BCUT2D eigenvalue weighted by Gasteiger charge is -2.32. The number of carbonyl (C=O) groups is 2. The van der Waals surface area contributed by atoms with Crippen LogP contribution in [0.1, 0.15) is 13.3 Å². The molecule has 1 N–H and O–H groups in total. The fourth-order valence-electron chi connectivity index (χ4n) is 2.04. The molecule has 0 saturated heterocycles. The van der Waals surface area contributed by atoms with E-state index >= 15 is 0 Å². The molecular formula is C15H16N2O3. The largest absolute Gasteiger partial charge is 0.479 e. The number of hydrogen-bond donors (Lipinski definition) is 1. The first-order valence-electron chi connectivity index (χ1n) is 6.40. The second-order valence-electron chi connectivity index (χ2n) is 4.45. The van der Waals surface area contributed by atoms with E-state index in [1.165, 1.54) is 0 Å². The Labute approximate surface area is 117 Å². The molecule has 0 bridgehead atoms. The summed E-state index contributed by atoms with van der Waals surface area (Å²) in [5.74, 6) is 2.67. The van der Waals surface area contributed by atoms with Crippen LogP contribution in [0.4, 0.5) is 5.69 Å². The van der Waals surface area contributed by atoms with Gasteiger partial charge in [0.15, 0.2) is 6.10 Å². The van der Waals surface area contributed by atoms with Gasteiger partial charge in [-0.2, -0.15) is 0 Å². The molecule has 1 aliphatic rings. The van der Waals surface area contributed by atoms with Gasteiger partial charge in [-0.15, -0.1) is 6.42 Å². The maximum absolute atomic E-state index is 12.2. The molecule has 5 nitrogen and oxygen atoms in total. The molecular weight excluding hydrogens is 256 g/mol. The Hall–Kier alpha value is -2.48. The summed E-state index contributed by atoms with van der Waals surface area (Å²) < 4.78 is 5.53. The van der Waals surface area contributed by atoms with Crippen molar-refractivity contribution in [2.75, 3.05) is 18.0 Å². The highest BCUT2D eigenvalue weighted by Gasteiger charge is 2.31. The number of hydrogen-bond acceptors (Lipinski definition) is 3. The van der Waals surface area contributed by atoms with Crippen LogP contribution in [-0.2, 0) is 9.59 Å². The molecule has 1 heterocycles. The molecule has 5 heteroatoms. The van der Waals surface area contributed by atoms with Gasteiger partial charge in [0.2, 0.25) is 5.91 Å². The van der Waals surface area contributed by atoms with Crippen LogP contribution >= 0.6 is 0 Å². The highest BCUT2D eigenvalue weighted by atomic mass is 16.5. The summed E-state index contributed by atoms with van der Waals surface area (Å²) in [6.45, 7) is 2.20. The number of amides is 2. The number of anilines is 1. The van der Waals surface area contributed by atoms with E-state index in [2.05, 4.69) is 11.2 Å². The Bertz CT molecular complexity index is 562. The second kappa shape index (κ2) is 6.11. The number of rotatable bonds is 4. The minimum atomic E-state index is -0.543. The van der Waals surface area contributed by atoms with Gasteiger partial charge in [-0.3, -0.25) is 9.59 Å². The summed E-state index contributed by atoms with van der Waals surface area (Å²) in [7, 11) is 0. The molecule has 0 fully saturated rings. The third kappa shape index (κ3) is 2.91. The third-order valence-corrected chi connectivity index (χ3v) is 3.02. The van der Waals surface area contributed by atoms with Crippen LogP contribution in [0.5, 0.6) is 5.75 Å². The number of fused-ring (bicyclic) bond motifs is 1. The minimum absolute atomic E-state index is 0.145. The zero-order valence-electron chi connectivity index (χ0n) is 11.3. The number of carbonyl (C=O) groups excluding carboxylic acids is 2. The molecule has 20 heavy (non-hydrogen) atoms. The molecule has 2 rings (SSSR count). The monoisotopic (exact) mass is 272 g/mol. The van der Waals surface area contributed by atoms with E-state index in [1.54, 1.807) is 17.9 Å². The summed E-state index contributed by atoms with van der Waals surface area (Å²) in [6.07, 6.45) is 4.73. The lowest BCUT2D eigenvalue weighted by Crippen LogP contribution is -2.45. The number of para-hydroxylation sites is 2. The second-order valence-corrected chi connectivity index (χ2v) is 4.45. The van der Waals surface area contributed by atoms with Crippen LogP contribution in [0.2, 0.25) is 0 Å². The Morgan fingerprint density at radius 1 is 1.50 bits per heavy atom. The fourth-order valence-corrected chi connectivity index (χ4v) is 2.04. The van der Waals surface area contributed by atoms with Crippen molar-refractivity contribution >= 4 is 17.5 Å². The molecule has 1 aromatic carbocycles. The van der Waals surface area contributed by atoms with Crippen molar-refractivity contribution in [2.45, 2.75) is 19.4 Å². The average molecular weight is 272 g/mol. The normalized spacial score (nSPS) is 16.9. The summed E-state index contributed by atoms with van der Waals surface area (Å²) >= 11 is 0. The van der Waals surface area contributed by atoms with Gasteiger partial charge in [0.1, 0.15) is 5.75 Å². The van der Waals surface area contributed by atoms with Crippen LogP contribution < -0.4 is 15.0 Å². The highest BCUT2D eigenvalue weighted by molar-refractivity contribution is 6.00. The van der Waals surface area contributed by atoms with Gasteiger partial charge >= 0.3 is 0 Å². The van der Waals surface area contributed by atoms with Crippen LogP contribution in [0.15, 0.2) is 24.3 Å². The average Bonchev–Trinajstić information content (AvgIpc) is 2.45. The molecule has 0 saturated carbocycles. The summed E-state index contributed by atoms with van der Waals surface area (Å²) in [5, 5.41) is 2.58. The number of benzene rings is 1. The first-order valence-corrected chi connectivity index (χ1v) is 6.40. The zero-order valence-corrected chi connectivity index (χ0v) is 11.3. The van der Waals surface area contributed by atoms with E-state index in [9.17, 15) is 9.59 Å². The van der Waals surface area contributed by atoms with Gasteiger partial charge < -0.3 is 15.0 Å². The van der Waals surface area contributed by atoms with Gasteiger partial charge in [0, 0.05) is 13.0 Å². The van der Waals surface area contributed by atoms with Crippen LogP contribution in [0, 0.1) is 12.3 Å². The van der Waals surface area contributed by atoms with Crippen molar-refractivity contribution in [3.8, 4) is 18.1 Å². The van der Waals surface area contributed by atoms with Gasteiger partial charge in [0.25, 0.3) is 5.91 Å². The standard InChI is InChI=1S/C15H16N2O3/c1-3-9-16-14(18)8-10-17-12-6-4-5-7-13(12)20-11(2)15(17)19/h1,4-7,11H,8-10H2,2H3,(H,16,18). The summed E-state index contributed by atoms with van der Waals surface area (Å²) in [5.41, 5.74) is 0.695.